The van der Waals surface area contributed by atoms with Crippen LogP contribution in [0.4, 0.5) is 0 Å². The molecule has 1 aliphatic rings. The van der Waals surface area contributed by atoms with Crippen molar-refractivity contribution in [2.45, 2.75) is 12.1 Å². The van der Waals surface area contributed by atoms with E-state index in [4.69, 9.17) is 31.7 Å². The maximum atomic E-state index is 6.02. The third-order valence-corrected chi connectivity index (χ3v) is 3.15. The first-order valence-electron chi connectivity index (χ1n) is 5.75. The molecule has 6 heteroatoms. The van der Waals surface area contributed by atoms with E-state index < -0.39 is 0 Å². The summed E-state index contributed by atoms with van der Waals surface area (Å²) in [4.78, 5) is 0. The zero-order valence-electron chi connectivity index (χ0n) is 10.2. The van der Waals surface area contributed by atoms with Gasteiger partial charge in [0, 0.05) is 10.6 Å². The summed E-state index contributed by atoms with van der Waals surface area (Å²) in [5.41, 5.74) is 3.61. The fourth-order valence-electron chi connectivity index (χ4n) is 2.04. The first-order valence-corrected chi connectivity index (χ1v) is 6.13. The number of hydrogen-bond acceptors (Lipinski definition) is 5. The van der Waals surface area contributed by atoms with Gasteiger partial charge in [0.25, 0.3) is 0 Å². The summed E-state index contributed by atoms with van der Waals surface area (Å²) in [7, 11) is 1.61. The van der Waals surface area contributed by atoms with Gasteiger partial charge in [0.05, 0.1) is 33.0 Å². The van der Waals surface area contributed by atoms with Crippen LogP contribution in [0.15, 0.2) is 18.2 Å². The van der Waals surface area contributed by atoms with Crippen molar-refractivity contribution in [1.29, 1.82) is 0 Å². The van der Waals surface area contributed by atoms with E-state index in [0.29, 0.717) is 24.8 Å². The molecule has 2 atom stereocenters. The maximum absolute atomic E-state index is 6.02. The predicted molar refractivity (Wildman–Crippen MR) is 68.6 cm³/mol. The van der Waals surface area contributed by atoms with Crippen LogP contribution in [0.5, 0.6) is 5.75 Å². The van der Waals surface area contributed by atoms with Crippen LogP contribution in [-0.4, -0.2) is 33.0 Å². The van der Waals surface area contributed by atoms with Crippen LogP contribution in [0.3, 0.4) is 0 Å². The minimum absolute atomic E-state index is 0.156. The number of hydrogen-bond donors (Lipinski definition) is 2. The highest BCUT2D eigenvalue weighted by molar-refractivity contribution is 6.30. The number of nitrogens with one attached hydrogen (secondary N) is 1. The van der Waals surface area contributed by atoms with Crippen molar-refractivity contribution in [2.24, 2.45) is 5.84 Å². The first kappa shape index (κ1) is 13.6. The number of nitrogens with two attached hydrogens (primary N) is 1. The fraction of sp³-hybridized carbons (Fsp3) is 0.500. The van der Waals surface area contributed by atoms with E-state index in [9.17, 15) is 0 Å². The van der Waals surface area contributed by atoms with E-state index in [2.05, 4.69) is 5.43 Å². The molecule has 1 aliphatic heterocycles. The highest BCUT2D eigenvalue weighted by atomic mass is 35.5. The number of benzene rings is 1. The largest absolute Gasteiger partial charge is 0.496 e. The monoisotopic (exact) mass is 272 g/mol. The number of methoxy groups -OCH3 is 1. The maximum Gasteiger partial charge on any atom is 0.123 e. The normalized spacial score (nSPS) is 21.6. The SMILES string of the molecule is COc1ccc(Cl)cc1C(NN)C1COCCO1. The molecule has 5 nitrogen and oxygen atoms in total. The lowest BCUT2D eigenvalue weighted by atomic mass is 10.0. The molecule has 1 saturated heterocycles. The van der Waals surface area contributed by atoms with E-state index in [0.717, 1.165) is 11.3 Å². The average molecular weight is 273 g/mol. The van der Waals surface area contributed by atoms with Gasteiger partial charge in [0.1, 0.15) is 11.9 Å². The molecule has 0 radical (unpaired) electrons. The minimum atomic E-state index is -0.223. The molecular weight excluding hydrogens is 256 g/mol. The van der Waals surface area contributed by atoms with Crippen molar-refractivity contribution < 1.29 is 14.2 Å². The Kier molecular flexibility index (Phi) is 4.79. The summed E-state index contributed by atoms with van der Waals surface area (Å²) >= 11 is 6.02. The predicted octanol–water partition coefficient (Wildman–Crippen LogP) is 1.27. The molecule has 1 fully saturated rings. The molecule has 0 aliphatic carbocycles. The second kappa shape index (κ2) is 6.36. The van der Waals surface area contributed by atoms with Gasteiger partial charge >= 0.3 is 0 Å². The van der Waals surface area contributed by atoms with Gasteiger partial charge in [-0.3, -0.25) is 11.3 Å². The molecule has 2 unspecified atom stereocenters. The van der Waals surface area contributed by atoms with Crippen molar-refractivity contribution in [3.8, 4) is 5.75 Å². The van der Waals surface area contributed by atoms with E-state index >= 15 is 0 Å². The van der Waals surface area contributed by atoms with Crippen molar-refractivity contribution in [3.63, 3.8) is 0 Å². The van der Waals surface area contributed by atoms with E-state index in [1.807, 2.05) is 12.1 Å². The summed E-state index contributed by atoms with van der Waals surface area (Å²) in [5.74, 6) is 6.34. The van der Waals surface area contributed by atoms with Gasteiger partial charge in [-0.15, -0.1) is 0 Å². The van der Waals surface area contributed by atoms with Crippen LogP contribution < -0.4 is 16.0 Å². The molecule has 0 bridgehead atoms. The quantitative estimate of drug-likeness (QED) is 0.638. The lowest BCUT2D eigenvalue weighted by Gasteiger charge is -2.31. The van der Waals surface area contributed by atoms with Gasteiger partial charge in [0.2, 0.25) is 0 Å². The Morgan fingerprint density at radius 2 is 2.33 bits per heavy atom. The highest BCUT2D eigenvalue weighted by Gasteiger charge is 2.28. The van der Waals surface area contributed by atoms with Gasteiger partial charge in [-0.1, -0.05) is 11.6 Å². The second-order valence-corrected chi connectivity index (χ2v) is 4.45. The summed E-state index contributed by atoms with van der Waals surface area (Å²) in [6.07, 6.45) is -0.156. The van der Waals surface area contributed by atoms with Crippen LogP contribution in [0, 0.1) is 0 Å². The number of ether oxygens (including phenoxy) is 3. The molecule has 1 aromatic rings. The molecule has 3 N–H and O–H groups in total. The Morgan fingerprint density at radius 1 is 1.50 bits per heavy atom. The molecule has 1 heterocycles. The lowest BCUT2D eigenvalue weighted by Crippen LogP contribution is -2.43. The van der Waals surface area contributed by atoms with E-state index in [-0.39, 0.29) is 12.1 Å². The molecule has 100 valence electrons. The third-order valence-electron chi connectivity index (χ3n) is 2.92. The average Bonchev–Trinajstić information content (AvgIpc) is 2.41. The zero-order valence-corrected chi connectivity index (χ0v) is 10.9. The summed E-state index contributed by atoms with van der Waals surface area (Å²) in [6, 6.07) is 5.18. The lowest BCUT2D eigenvalue weighted by molar-refractivity contribution is -0.102. The van der Waals surface area contributed by atoms with E-state index in [1.165, 1.54) is 0 Å². The van der Waals surface area contributed by atoms with Gasteiger partial charge in [0.15, 0.2) is 0 Å². The standard InChI is InChI=1S/C12H17ClN2O3/c1-16-10-3-2-8(13)6-9(10)12(15-14)11-7-17-4-5-18-11/h2-3,6,11-12,15H,4-5,7,14H2,1H3. The van der Waals surface area contributed by atoms with Crippen LogP contribution >= 0.6 is 11.6 Å². The van der Waals surface area contributed by atoms with Gasteiger partial charge in [-0.2, -0.15) is 0 Å². The molecule has 18 heavy (non-hydrogen) atoms. The van der Waals surface area contributed by atoms with Crippen molar-refractivity contribution >= 4 is 11.6 Å². The summed E-state index contributed by atoms with van der Waals surface area (Å²) in [5, 5.41) is 0.628. The first-order chi connectivity index (χ1) is 8.76. The Bertz CT molecular complexity index is 397. The van der Waals surface area contributed by atoms with Crippen LogP contribution in [0.1, 0.15) is 11.6 Å². The van der Waals surface area contributed by atoms with Crippen molar-refractivity contribution in [3.05, 3.63) is 28.8 Å². The fourth-order valence-corrected chi connectivity index (χ4v) is 2.22. The van der Waals surface area contributed by atoms with Crippen LogP contribution in [-0.2, 0) is 9.47 Å². The number of hydrazine groups is 1. The third kappa shape index (κ3) is 2.93. The number of rotatable bonds is 4. The molecule has 1 aromatic carbocycles. The summed E-state index contributed by atoms with van der Waals surface area (Å²) < 4.78 is 16.4. The molecule has 0 aromatic heterocycles. The Hall–Kier alpha value is -0.850. The topological polar surface area (TPSA) is 65.7 Å². The summed E-state index contributed by atoms with van der Waals surface area (Å²) in [6.45, 7) is 1.66. The molecule has 0 amide bonds. The van der Waals surface area contributed by atoms with Crippen LogP contribution in [0.2, 0.25) is 5.02 Å². The van der Waals surface area contributed by atoms with Crippen molar-refractivity contribution in [1.82, 2.24) is 5.43 Å². The molecule has 0 saturated carbocycles. The molecular formula is C12H17ClN2O3. The van der Waals surface area contributed by atoms with E-state index in [1.54, 1.807) is 13.2 Å². The van der Waals surface area contributed by atoms with Gasteiger partial charge in [-0.25, -0.2) is 0 Å². The zero-order chi connectivity index (χ0) is 13.0. The smallest absolute Gasteiger partial charge is 0.123 e. The van der Waals surface area contributed by atoms with Crippen LogP contribution in [0.25, 0.3) is 0 Å². The molecule has 2 rings (SSSR count). The molecule has 0 spiro atoms. The number of halogens is 1. The Morgan fingerprint density at radius 3 is 2.94 bits per heavy atom. The highest BCUT2D eigenvalue weighted by Crippen LogP contribution is 2.31. The second-order valence-electron chi connectivity index (χ2n) is 4.01. The Balaban J connectivity index is 2.27. The van der Waals surface area contributed by atoms with Gasteiger partial charge in [-0.05, 0) is 18.2 Å². The Labute approximate surface area is 111 Å². The van der Waals surface area contributed by atoms with Gasteiger partial charge < -0.3 is 14.2 Å². The minimum Gasteiger partial charge on any atom is -0.496 e. The van der Waals surface area contributed by atoms with Crippen molar-refractivity contribution in [2.75, 3.05) is 26.9 Å².